The monoisotopic (exact) mass is 364 g/mol. The van der Waals surface area contributed by atoms with E-state index in [1.54, 1.807) is 12.1 Å². The molecule has 2 heterocycles. The van der Waals surface area contributed by atoms with Gasteiger partial charge in [0.1, 0.15) is 18.0 Å². The van der Waals surface area contributed by atoms with E-state index in [9.17, 15) is 9.32 Å². The lowest BCUT2D eigenvalue weighted by Gasteiger charge is -2.36. The van der Waals surface area contributed by atoms with Crippen molar-refractivity contribution in [2.24, 2.45) is 10.9 Å². The summed E-state index contributed by atoms with van der Waals surface area (Å²) >= 11 is 0. The van der Waals surface area contributed by atoms with Crippen LogP contribution in [0.1, 0.15) is 44.2 Å². The Balaban J connectivity index is 0.00000117. The van der Waals surface area contributed by atoms with Gasteiger partial charge in [0.25, 0.3) is 0 Å². The highest BCUT2D eigenvalue weighted by Crippen LogP contribution is 2.36. The second-order valence-electron chi connectivity index (χ2n) is 6.21. The number of nitrogens with one attached hydrogen (secondary N) is 1. The molecular weight excluding hydrogens is 339 g/mol. The summed E-state index contributed by atoms with van der Waals surface area (Å²) in [4.78, 5) is 21.8. The largest absolute Gasteiger partial charge is 0.388 e. The molecular formula is C18H25FN4O3. The van der Waals surface area contributed by atoms with E-state index in [0.29, 0.717) is 37.9 Å². The molecule has 1 fully saturated rings. The molecule has 0 unspecified atom stereocenters. The lowest BCUT2D eigenvalue weighted by Crippen LogP contribution is -2.46. The molecule has 2 aliphatic heterocycles. The minimum absolute atomic E-state index is 0.0295. The maximum atomic E-state index is 11.8. The summed E-state index contributed by atoms with van der Waals surface area (Å²) in [6, 6.07) is 7.33. The van der Waals surface area contributed by atoms with E-state index >= 15 is 0 Å². The summed E-state index contributed by atoms with van der Waals surface area (Å²) in [5.41, 5.74) is 7.57. The van der Waals surface area contributed by atoms with Gasteiger partial charge in [0.2, 0.25) is 0 Å². The third-order valence-corrected chi connectivity index (χ3v) is 4.57. The number of nitrogen functional groups attached to an aromatic ring is 1. The number of likely N-dealkylation sites (tertiary alicyclic amines) is 1. The first kappa shape index (κ1) is 19.8. The van der Waals surface area contributed by atoms with Gasteiger partial charge in [-0.2, -0.15) is 0 Å². The molecule has 1 spiro atoms. The van der Waals surface area contributed by atoms with Crippen molar-refractivity contribution in [2.75, 3.05) is 19.6 Å². The van der Waals surface area contributed by atoms with Gasteiger partial charge in [0.05, 0.1) is 5.71 Å². The van der Waals surface area contributed by atoms with E-state index in [2.05, 4.69) is 10.1 Å². The van der Waals surface area contributed by atoms with Gasteiger partial charge in [-0.25, -0.2) is 4.79 Å². The second kappa shape index (κ2) is 8.75. The highest BCUT2D eigenvalue weighted by molar-refractivity contribution is 6.03. The van der Waals surface area contributed by atoms with Crippen LogP contribution in [0.25, 0.3) is 0 Å². The van der Waals surface area contributed by atoms with Crippen molar-refractivity contribution in [2.45, 2.75) is 38.7 Å². The van der Waals surface area contributed by atoms with Crippen molar-refractivity contribution in [3.63, 3.8) is 0 Å². The summed E-state index contributed by atoms with van der Waals surface area (Å²) in [5, 5.41) is 11.6. The number of hydrogen-bond donors (Lipinski definition) is 2. The minimum atomic E-state index is -0.874. The van der Waals surface area contributed by atoms with Crippen molar-refractivity contribution in [1.82, 2.24) is 4.90 Å². The first-order valence-corrected chi connectivity index (χ1v) is 8.75. The van der Waals surface area contributed by atoms with Gasteiger partial charge in [-0.15, -0.1) is 0 Å². The highest BCUT2D eigenvalue weighted by atomic mass is 19.3. The molecule has 0 bridgehead atoms. The predicted molar refractivity (Wildman–Crippen MR) is 96.7 cm³/mol. The number of hydrogen-bond acceptors (Lipinski definition) is 6. The topological polar surface area (TPSA) is 101 Å². The zero-order valence-electron chi connectivity index (χ0n) is 15.1. The highest BCUT2D eigenvalue weighted by Gasteiger charge is 2.42. The number of nitrogens with zero attached hydrogens (tertiary/aromatic N) is 2. The Labute approximate surface area is 152 Å². The third-order valence-electron chi connectivity index (χ3n) is 4.57. The predicted octanol–water partition coefficient (Wildman–Crippen LogP) is 2.38. The molecule has 7 nitrogen and oxygen atoms in total. The van der Waals surface area contributed by atoms with Crippen LogP contribution in [-0.2, 0) is 14.6 Å². The molecule has 0 saturated carbocycles. The van der Waals surface area contributed by atoms with Crippen LogP contribution in [0.15, 0.2) is 29.4 Å². The Morgan fingerprint density at radius 2 is 1.96 bits per heavy atom. The first-order valence-electron chi connectivity index (χ1n) is 8.75. The van der Waals surface area contributed by atoms with Crippen LogP contribution in [0.4, 0.5) is 4.53 Å². The summed E-state index contributed by atoms with van der Waals surface area (Å²) in [6.07, 6.45) is 2.12. The van der Waals surface area contributed by atoms with E-state index in [0.717, 1.165) is 11.3 Å². The molecule has 1 saturated heterocycles. The standard InChI is InChI=1S/C16H19FN4O3.C2H6/c17-23-14(22)10-21-7-5-16(6-8-21)9-13(20-24-16)11-1-3-12(4-2-11)15(18)19;1-2/h1-4H,5-10H2,(H3,18,19);1-2H3. The van der Waals surface area contributed by atoms with Crippen molar-refractivity contribution in [3.8, 4) is 0 Å². The number of oxime groups is 1. The van der Waals surface area contributed by atoms with Crippen molar-refractivity contribution in [3.05, 3.63) is 35.4 Å². The summed E-state index contributed by atoms with van der Waals surface area (Å²) < 4.78 is 11.8. The minimum Gasteiger partial charge on any atom is -0.388 e. The van der Waals surface area contributed by atoms with Gasteiger partial charge in [-0.05, 0) is 5.56 Å². The number of rotatable bonds is 4. The Morgan fingerprint density at radius 3 is 2.50 bits per heavy atom. The van der Waals surface area contributed by atoms with E-state index in [-0.39, 0.29) is 18.0 Å². The average molecular weight is 364 g/mol. The normalized spacial score (nSPS) is 18.3. The smallest absolute Gasteiger partial charge is 0.362 e. The lowest BCUT2D eigenvalue weighted by molar-refractivity contribution is -0.185. The molecule has 1 aromatic carbocycles. The Kier molecular flexibility index (Phi) is 6.68. The number of nitrogens with two attached hydrogens (primary N) is 1. The van der Waals surface area contributed by atoms with Gasteiger partial charge in [0.15, 0.2) is 0 Å². The van der Waals surface area contributed by atoms with E-state index in [1.165, 1.54) is 0 Å². The fourth-order valence-electron chi connectivity index (χ4n) is 3.11. The van der Waals surface area contributed by atoms with Gasteiger partial charge < -0.3 is 10.6 Å². The van der Waals surface area contributed by atoms with Crippen LogP contribution in [0, 0.1) is 5.41 Å². The number of carbonyl (C=O) groups is 1. The van der Waals surface area contributed by atoms with Gasteiger partial charge >= 0.3 is 5.97 Å². The fraction of sp³-hybridized carbons (Fsp3) is 0.500. The molecule has 26 heavy (non-hydrogen) atoms. The number of halogens is 1. The van der Waals surface area contributed by atoms with Crippen molar-refractivity contribution in [1.29, 1.82) is 5.41 Å². The Bertz CT molecular complexity index is 668. The van der Waals surface area contributed by atoms with Gasteiger partial charge in [-0.3, -0.25) is 15.3 Å². The number of carbonyl (C=O) groups excluding carboxylic acids is 1. The van der Waals surface area contributed by atoms with Crippen LogP contribution in [0.2, 0.25) is 0 Å². The molecule has 3 N–H and O–H groups in total. The van der Waals surface area contributed by atoms with Crippen LogP contribution in [-0.4, -0.2) is 47.7 Å². The summed E-state index contributed by atoms with van der Waals surface area (Å²) in [6.45, 7) is 5.20. The van der Waals surface area contributed by atoms with E-state index < -0.39 is 5.97 Å². The van der Waals surface area contributed by atoms with Crippen LogP contribution in [0.3, 0.4) is 0 Å². The van der Waals surface area contributed by atoms with Crippen LogP contribution < -0.4 is 5.73 Å². The Hall–Kier alpha value is -2.48. The maximum absolute atomic E-state index is 11.8. The third kappa shape index (κ3) is 4.57. The fourth-order valence-corrected chi connectivity index (χ4v) is 3.11. The van der Waals surface area contributed by atoms with E-state index in [4.69, 9.17) is 16.0 Å². The van der Waals surface area contributed by atoms with E-state index in [1.807, 2.05) is 30.9 Å². The summed E-state index contributed by atoms with van der Waals surface area (Å²) in [5.74, 6) is -0.845. The molecule has 3 rings (SSSR count). The number of amidine groups is 1. The van der Waals surface area contributed by atoms with Crippen molar-refractivity contribution >= 4 is 17.5 Å². The average Bonchev–Trinajstić information content (AvgIpc) is 3.09. The molecule has 0 atom stereocenters. The lowest BCUT2D eigenvalue weighted by atomic mass is 9.85. The van der Waals surface area contributed by atoms with Crippen LogP contribution in [0.5, 0.6) is 0 Å². The first-order chi connectivity index (χ1) is 12.5. The van der Waals surface area contributed by atoms with Gasteiger partial charge in [-0.1, -0.05) is 43.3 Å². The quantitative estimate of drug-likeness (QED) is 0.631. The number of piperidine rings is 1. The SMILES string of the molecule is CC.N=C(N)c1ccc(C2=NOC3(CCN(CC(=O)OF)CC3)C2)cc1. The van der Waals surface area contributed by atoms with Gasteiger partial charge in [0, 0.05) is 42.4 Å². The zero-order valence-corrected chi connectivity index (χ0v) is 15.1. The zero-order chi connectivity index (χ0) is 19.2. The molecule has 0 radical (unpaired) electrons. The maximum Gasteiger partial charge on any atom is 0.362 e. The molecule has 0 aliphatic carbocycles. The molecule has 142 valence electrons. The number of benzene rings is 1. The van der Waals surface area contributed by atoms with Crippen LogP contribution >= 0.6 is 0 Å². The molecule has 1 aromatic rings. The molecule has 8 heteroatoms. The Morgan fingerprint density at radius 1 is 1.35 bits per heavy atom. The van der Waals surface area contributed by atoms with Crippen molar-refractivity contribution < 1.29 is 19.1 Å². The summed E-state index contributed by atoms with van der Waals surface area (Å²) in [7, 11) is 0. The molecule has 0 amide bonds. The molecule has 2 aliphatic rings. The molecule has 0 aromatic heterocycles. The second-order valence-corrected chi connectivity index (χ2v) is 6.21.